The number of nitrogens with two attached hydrogens (primary N) is 1. The van der Waals surface area contributed by atoms with Crippen LogP contribution in [0.5, 0.6) is 0 Å². The molecule has 1 unspecified atom stereocenters. The zero-order valence-electron chi connectivity index (χ0n) is 8.72. The highest BCUT2D eigenvalue weighted by Crippen LogP contribution is 2.02. The second-order valence-corrected chi connectivity index (χ2v) is 3.54. The van der Waals surface area contributed by atoms with E-state index in [2.05, 4.69) is 10.3 Å². The summed E-state index contributed by atoms with van der Waals surface area (Å²) in [6, 6.07) is -1.64. The van der Waals surface area contributed by atoms with Crippen molar-refractivity contribution in [1.82, 2.24) is 5.32 Å². The number of nitrogens with one attached hydrogen (secondary N) is 1. The Kier molecular flexibility index (Phi) is 4.39. The Bertz CT molecular complexity index is 316. The molecular formula is C9H15N3O4. The summed E-state index contributed by atoms with van der Waals surface area (Å²) in [5.74, 6) is -1.48. The van der Waals surface area contributed by atoms with E-state index < -0.39 is 23.8 Å². The molecule has 0 aromatic carbocycles. The molecule has 1 aliphatic rings. The lowest BCUT2D eigenvalue weighted by atomic mass is 10.1. The third-order valence-electron chi connectivity index (χ3n) is 2.31. The Labute approximate surface area is 92.3 Å². The van der Waals surface area contributed by atoms with E-state index in [0.29, 0.717) is 6.42 Å². The topological polar surface area (TPSA) is 125 Å². The minimum Gasteiger partial charge on any atom is -0.480 e. The number of carboxylic acids is 1. The molecule has 0 saturated carbocycles. The van der Waals surface area contributed by atoms with E-state index >= 15 is 0 Å². The Morgan fingerprint density at radius 1 is 1.62 bits per heavy atom. The molecule has 0 amide bonds. The molecule has 0 saturated heterocycles. The maximum absolute atomic E-state index is 11.6. The molecule has 5 N–H and O–H groups in total. The van der Waals surface area contributed by atoms with E-state index in [1.54, 1.807) is 0 Å². The van der Waals surface area contributed by atoms with Crippen molar-refractivity contribution in [3.8, 4) is 0 Å². The minimum absolute atomic E-state index is 0.000370. The summed E-state index contributed by atoms with van der Waals surface area (Å²) in [4.78, 5) is 26.2. The van der Waals surface area contributed by atoms with Gasteiger partial charge >= 0.3 is 5.97 Å². The first-order valence-electron chi connectivity index (χ1n) is 5.00. The third-order valence-corrected chi connectivity index (χ3v) is 2.31. The van der Waals surface area contributed by atoms with Gasteiger partial charge in [0.25, 0.3) is 0 Å². The summed E-state index contributed by atoms with van der Waals surface area (Å²) in [6.07, 6.45) is 0.485. The molecule has 0 radical (unpaired) electrons. The zero-order valence-corrected chi connectivity index (χ0v) is 8.72. The van der Waals surface area contributed by atoms with Gasteiger partial charge in [-0.3, -0.25) is 9.79 Å². The predicted molar refractivity (Wildman–Crippen MR) is 56.2 cm³/mol. The first-order valence-corrected chi connectivity index (χ1v) is 5.00. The molecule has 7 nitrogen and oxygen atoms in total. The van der Waals surface area contributed by atoms with Gasteiger partial charge in [0.15, 0.2) is 5.84 Å². The molecular weight excluding hydrogens is 214 g/mol. The van der Waals surface area contributed by atoms with Crippen LogP contribution >= 0.6 is 0 Å². The summed E-state index contributed by atoms with van der Waals surface area (Å²) < 4.78 is 0. The van der Waals surface area contributed by atoms with Crippen molar-refractivity contribution in [3.05, 3.63) is 0 Å². The van der Waals surface area contributed by atoms with Crippen molar-refractivity contribution < 1.29 is 19.8 Å². The molecule has 1 rings (SSSR count). The average Bonchev–Trinajstić information content (AvgIpc) is 2.28. The fourth-order valence-corrected chi connectivity index (χ4v) is 1.37. The molecule has 0 bridgehead atoms. The molecule has 1 aliphatic heterocycles. The molecule has 90 valence electrons. The van der Waals surface area contributed by atoms with Crippen LogP contribution in [0.15, 0.2) is 4.99 Å². The highest BCUT2D eigenvalue weighted by molar-refractivity contribution is 6.41. The van der Waals surface area contributed by atoms with Crippen LogP contribution in [-0.4, -0.2) is 53.0 Å². The van der Waals surface area contributed by atoms with Gasteiger partial charge in [0.05, 0.1) is 6.04 Å². The van der Waals surface area contributed by atoms with Gasteiger partial charge in [0.1, 0.15) is 6.04 Å². The molecule has 0 aliphatic carbocycles. The lowest BCUT2D eigenvalue weighted by molar-refractivity contribution is -0.139. The van der Waals surface area contributed by atoms with Crippen LogP contribution in [0.2, 0.25) is 0 Å². The summed E-state index contributed by atoms with van der Waals surface area (Å²) in [5.41, 5.74) is 5.50. The van der Waals surface area contributed by atoms with Crippen molar-refractivity contribution in [1.29, 1.82) is 0 Å². The van der Waals surface area contributed by atoms with Crippen LogP contribution in [0.1, 0.15) is 12.8 Å². The third kappa shape index (κ3) is 3.01. The van der Waals surface area contributed by atoms with E-state index in [9.17, 15) is 9.59 Å². The molecule has 0 aromatic heterocycles. The maximum atomic E-state index is 11.6. The summed E-state index contributed by atoms with van der Waals surface area (Å²) >= 11 is 0. The fraction of sp³-hybridized carbons (Fsp3) is 0.667. The predicted octanol–water partition coefficient (Wildman–Crippen LogP) is -1.89. The van der Waals surface area contributed by atoms with Crippen LogP contribution in [0.3, 0.4) is 0 Å². The quantitative estimate of drug-likeness (QED) is 0.437. The van der Waals surface area contributed by atoms with Crippen molar-refractivity contribution in [2.45, 2.75) is 24.9 Å². The highest BCUT2D eigenvalue weighted by atomic mass is 16.4. The summed E-state index contributed by atoms with van der Waals surface area (Å²) in [6.45, 7) is 0.0967. The number of aliphatic imine (C=N–C) groups is 1. The van der Waals surface area contributed by atoms with Crippen molar-refractivity contribution in [2.75, 3.05) is 13.2 Å². The SMILES string of the molecule is N[C@@H](CCO)C(=O)C1=NCCC(C(=O)O)N1. The Balaban J connectivity index is 2.63. The van der Waals surface area contributed by atoms with E-state index in [0.717, 1.165) is 0 Å². The van der Waals surface area contributed by atoms with Gasteiger partial charge in [-0.1, -0.05) is 0 Å². The summed E-state index contributed by atoms with van der Waals surface area (Å²) in [5, 5.41) is 19.9. The van der Waals surface area contributed by atoms with E-state index in [1.165, 1.54) is 0 Å². The zero-order chi connectivity index (χ0) is 12.1. The van der Waals surface area contributed by atoms with Crippen LogP contribution in [0, 0.1) is 0 Å². The minimum atomic E-state index is -1.02. The number of rotatable bonds is 5. The van der Waals surface area contributed by atoms with E-state index in [4.69, 9.17) is 15.9 Å². The molecule has 0 fully saturated rings. The maximum Gasteiger partial charge on any atom is 0.326 e. The monoisotopic (exact) mass is 229 g/mol. The number of hydrogen-bond donors (Lipinski definition) is 4. The van der Waals surface area contributed by atoms with Gasteiger partial charge in [-0.15, -0.1) is 0 Å². The van der Waals surface area contributed by atoms with Gasteiger partial charge in [-0.05, 0) is 12.8 Å². The van der Waals surface area contributed by atoms with Gasteiger partial charge < -0.3 is 21.3 Å². The standard InChI is InChI=1S/C9H15N3O4/c10-5(2-4-13)7(14)8-11-3-1-6(12-8)9(15)16/h5-6,13H,1-4,10H2,(H,11,12)(H,15,16)/t5-,6?/m0/s1. The molecule has 0 aromatic rings. The number of hydrogen-bond acceptors (Lipinski definition) is 6. The number of aliphatic carboxylic acids is 1. The Morgan fingerprint density at radius 3 is 2.88 bits per heavy atom. The molecule has 7 heteroatoms. The van der Waals surface area contributed by atoms with Crippen molar-refractivity contribution in [3.63, 3.8) is 0 Å². The van der Waals surface area contributed by atoms with Crippen LogP contribution in [0.25, 0.3) is 0 Å². The largest absolute Gasteiger partial charge is 0.480 e. The number of ketones is 1. The van der Waals surface area contributed by atoms with Gasteiger partial charge in [0.2, 0.25) is 5.78 Å². The number of nitrogens with zero attached hydrogens (tertiary/aromatic N) is 1. The normalized spacial score (nSPS) is 21.9. The van der Waals surface area contributed by atoms with E-state index in [1.807, 2.05) is 0 Å². The number of amidine groups is 1. The van der Waals surface area contributed by atoms with Gasteiger partial charge in [0, 0.05) is 13.2 Å². The number of aliphatic hydroxyl groups is 1. The first-order chi connectivity index (χ1) is 7.56. The number of aliphatic hydroxyl groups excluding tert-OH is 1. The molecule has 2 atom stereocenters. The first kappa shape index (κ1) is 12.6. The van der Waals surface area contributed by atoms with Crippen LogP contribution in [0.4, 0.5) is 0 Å². The van der Waals surface area contributed by atoms with E-state index in [-0.39, 0.29) is 25.4 Å². The number of Topliss-reactive ketones (excluding diaryl/α,β-unsaturated/α-hetero) is 1. The Morgan fingerprint density at radius 2 is 2.31 bits per heavy atom. The molecule has 1 heterocycles. The number of carboxylic acid groups (broad SMARTS) is 1. The van der Waals surface area contributed by atoms with Gasteiger partial charge in [-0.25, -0.2) is 4.79 Å². The highest BCUT2D eigenvalue weighted by Gasteiger charge is 2.27. The lowest BCUT2D eigenvalue weighted by Crippen LogP contribution is -2.51. The Hall–Kier alpha value is -1.47. The molecule has 0 spiro atoms. The second-order valence-electron chi connectivity index (χ2n) is 3.54. The number of carbonyl (C=O) groups is 2. The average molecular weight is 229 g/mol. The van der Waals surface area contributed by atoms with Crippen molar-refractivity contribution in [2.24, 2.45) is 10.7 Å². The van der Waals surface area contributed by atoms with Gasteiger partial charge in [-0.2, -0.15) is 0 Å². The molecule has 16 heavy (non-hydrogen) atoms. The second kappa shape index (κ2) is 5.57. The smallest absolute Gasteiger partial charge is 0.326 e. The lowest BCUT2D eigenvalue weighted by Gasteiger charge is -2.21. The van der Waals surface area contributed by atoms with Crippen LogP contribution < -0.4 is 11.1 Å². The number of carbonyl (C=O) groups excluding carboxylic acids is 1. The fourth-order valence-electron chi connectivity index (χ4n) is 1.37. The van der Waals surface area contributed by atoms with Crippen molar-refractivity contribution >= 4 is 17.6 Å². The van der Waals surface area contributed by atoms with Crippen LogP contribution in [-0.2, 0) is 9.59 Å². The summed E-state index contributed by atoms with van der Waals surface area (Å²) in [7, 11) is 0.